The molecule has 1 rings (SSSR count). The Kier molecular flexibility index (Phi) is 2.95. The van der Waals surface area contributed by atoms with Crippen LogP contribution in [0.15, 0.2) is 6.07 Å². The average Bonchev–Trinajstić information content (AvgIpc) is 2.08. The molecule has 0 aromatic carbocycles. The third-order valence-electron chi connectivity index (χ3n) is 1.63. The lowest BCUT2D eigenvalue weighted by atomic mass is 10.2. The standard InChI is InChI=1S/C7H5ClF2N2O2/c1-3-5(12(13)14)2-4(7(9)10)11-6(3)8/h2,7H,1H3. The van der Waals surface area contributed by atoms with Crippen LogP contribution in [-0.2, 0) is 0 Å². The van der Waals surface area contributed by atoms with Crippen molar-refractivity contribution in [2.24, 2.45) is 0 Å². The van der Waals surface area contributed by atoms with Gasteiger partial charge in [-0.05, 0) is 6.92 Å². The normalized spacial score (nSPS) is 10.6. The molecule has 14 heavy (non-hydrogen) atoms. The van der Waals surface area contributed by atoms with E-state index in [0.29, 0.717) is 0 Å². The molecule has 76 valence electrons. The summed E-state index contributed by atoms with van der Waals surface area (Å²) in [5.41, 5.74) is -1.05. The molecular formula is C7H5ClF2N2O2. The molecule has 1 aromatic heterocycles. The predicted molar refractivity (Wildman–Crippen MR) is 45.6 cm³/mol. The van der Waals surface area contributed by atoms with Crippen LogP contribution in [0.2, 0.25) is 5.15 Å². The number of halogens is 3. The largest absolute Gasteiger partial charge is 0.280 e. The zero-order valence-corrected chi connectivity index (χ0v) is 7.76. The smallest absolute Gasteiger partial charge is 0.258 e. The second-order valence-corrected chi connectivity index (χ2v) is 2.90. The fourth-order valence-corrected chi connectivity index (χ4v) is 1.08. The van der Waals surface area contributed by atoms with Crippen molar-refractivity contribution in [3.8, 4) is 0 Å². The van der Waals surface area contributed by atoms with Crippen molar-refractivity contribution >= 4 is 17.3 Å². The first-order valence-corrected chi connectivity index (χ1v) is 3.91. The summed E-state index contributed by atoms with van der Waals surface area (Å²) in [6.07, 6.45) is -2.87. The van der Waals surface area contributed by atoms with Crippen LogP contribution in [0.3, 0.4) is 0 Å². The lowest BCUT2D eigenvalue weighted by Crippen LogP contribution is -1.98. The van der Waals surface area contributed by atoms with Crippen LogP contribution in [-0.4, -0.2) is 9.91 Å². The molecule has 0 fully saturated rings. The van der Waals surface area contributed by atoms with E-state index in [9.17, 15) is 18.9 Å². The summed E-state index contributed by atoms with van der Waals surface area (Å²) in [6, 6.07) is 0.728. The van der Waals surface area contributed by atoms with Crippen LogP contribution in [0.4, 0.5) is 14.5 Å². The van der Waals surface area contributed by atoms with Crippen molar-refractivity contribution in [3.05, 3.63) is 32.6 Å². The molecule has 7 heteroatoms. The van der Waals surface area contributed by atoms with Gasteiger partial charge in [0.05, 0.1) is 10.5 Å². The lowest BCUT2D eigenvalue weighted by molar-refractivity contribution is -0.385. The van der Waals surface area contributed by atoms with E-state index in [1.165, 1.54) is 6.92 Å². The summed E-state index contributed by atoms with van der Waals surface area (Å²) in [5, 5.41) is 10.2. The van der Waals surface area contributed by atoms with Crippen molar-refractivity contribution in [3.63, 3.8) is 0 Å². The average molecular weight is 223 g/mol. The van der Waals surface area contributed by atoms with E-state index < -0.39 is 22.7 Å². The van der Waals surface area contributed by atoms with E-state index >= 15 is 0 Å². The molecule has 0 aliphatic heterocycles. The van der Waals surface area contributed by atoms with Crippen LogP contribution in [0.1, 0.15) is 17.7 Å². The Hall–Kier alpha value is -1.30. The molecule has 0 unspecified atom stereocenters. The molecule has 0 saturated heterocycles. The van der Waals surface area contributed by atoms with E-state index in [4.69, 9.17) is 11.6 Å². The topological polar surface area (TPSA) is 56.0 Å². The highest BCUT2D eigenvalue weighted by molar-refractivity contribution is 6.30. The number of pyridine rings is 1. The monoisotopic (exact) mass is 222 g/mol. The molecule has 1 heterocycles. The van der Waals surface area contributed by atoms with E-state index in [1.807, 2.05) is 0 Å². The molecule has 0 bridgehead atoms. The first-order valence-electron chi connectivity index (χ1n) is 3.53. The summed E-state index contributed by atoms with van der Waals surface area (Å²) < 4.78 is 24.4. The highest BCUT2D eigenvalue weighted by atomic mass is 35.5. The van der Waals surface area contributed by atoms with Gasteiger partial charge in [0.25, 0.3) is 12.1 Å². The molecule has 0 amide bonds. The van der Waals surface area contributed by atoms with Crippen LogP contribution in [0.25, 0.3) is 0 Å². The Morgan fingerprint density at radius 2 is 2.21 bits per heavy atom. The van der Waals surface area contributed by atoms with Crippen LogP contribution < -0.4 is 0 Å². The summed E-state index contributed by atoms with van der Waals surface area (Å²) in [4.78, 5) is 13.0. The van der Waals surface area contributed by atoms with Gasteiger partial charge in [-0.15, -0.1) is 0 Å². The van der Waals surface area contributed by atoms with Gasteiger partial charge in [-0.2, -0.15) is 0 Å². The molecule has 0 aliphatic rings. The zero-order valence-electron chi connectivity index (χ0n) is 7.00. The van der Waals surface area contributed by atoms with Crippen LogP contribution in [0.5, 0.6) is 0 Å². The van der Waals surface area contributed by atoms with Gasteiger partial charge >= 0.3 is 0 Å². The molecule has 4 nitrogen and oxygen atoms in total. The molecule has 0 atom stereocenters. The van der Waals surface area contributed by atoms with Crippen molar-refractivity contribution in [1.29, 1.82) is 0 Å². The first-order chi connectivity index (χ1) is 6.43. The van der Waals surface area contributed by atoms with Crippen molar-refractivity contribution in [2.75, 3.05) is 0 Å². The number of aromatic nitrogens is 1. The van der Waals surface area contributed by atoms with Gasteiger partial charge in [0.15, 0.2) is 0 Å². The van der Waals surface area contributed by atoms with Crippen molar-refractivity contribution in [2.45, 2.75) is 13.3 Å². The highest BCUT2D eigenvalue weighted by Crippen LogP contribution is 2.28. The Bertz CT molecular complexity index is 384. The van der Waals surface area contributed by atoms with Crippen LogP contribution >= 0.6 is 11.6 Å². The van der Waals surface area contributed by atoms with Gasteiger partial charge in [-0.1, -0.05) is 11.6 Å². The molecular weight excluding hydrogens is 218 g/mol. The third-order valence-corrected chi connectivity index (χ3v) is 1.99. The molecule has 0 radical (unpaired) electrons. The summed E-state index contributed by atoms with van der Waals surface area (Å²) in [7, 11) is 0. The summed E-state index contributed by atoms with van der Waals surface area (Å²) >= 11 is 5.46. The molecule has 1 aromatic rings. The molecule has 0 spiro atoms. The number of alkyl halides is 2. The predicted octanol–water partition coefficient (Wildman–Crippen LogP) is 2.89. The maximum absolute atomic E-state index is 12.2. The van der Waals surface area contributed by atoms with Crippen LogP contribution in [0, 0.1) is 17.0 Å². The maximum Gasteiger partial charge on any atom is 0.280 e. The SMILES string of the molecule is Cc1c([N+](=O)[O-])cc(C(F)F)nc1Cl. The Labute approximate surface area is 82.7 Å². The fraction of sp³-hybridized carbons (Fsp3) is 0.286. The minimum atomic E-state index is -2.87. The van der Waals surface area contributed by atoms with Gasteiger partial charge in [-0.3, -0.25) is 10.1 Å². The quantitative estimate of drug-likeness (QED) is 0.439. The maximum atomic E-state index is 12.2. The molecule has 0 saturated carbocycles. The third kappa shape index (κ3) is 1.95. The van der Waals surface area contributed by atoms with Gasteiger partial charge in [0.1, 0.15) is 10.8 Å². The number of hydrogen-bond donors (Lipinski definition) is 0. The number of hydrogen-bond acceptors (Lipinski definition) is 3. The Morgan fingerprint density at radius 3 is 2.64 bits per heavy atom. The molecule has 0 N–H and O–H groups in total. The van der Waals surface area contributed by atoms with Gasteiger partial charge in [-0.25, -0.2) is 13.8 Å². The number of nitrogens with zero attached hydrogens (tertiary/aromatic N) is 2. The van der Waals surface area contributed by atoms with Gasteiger partial charge < -0.3 is 0 Å². The van der Waals surface area contributed by atoms with Gasteiger partial charge in [0, 0.05) is 6.07 Å². The minimum Gasteiger partial charge on any atom is -0.258 e. The highest BCUT2D eigenvalue weighted by Gasteiger charge is 2.20. The van der Waals surface area contributed by atoms with E-state index in [2.05, 4.69) is 4.98 Å². The van der Waals surface area contributed by atoms with E-state index in [-0.39, 0.29) is 10.7 Å². The fourth-order valence-electron chi connectivity index (χ4n) is 0.885. The minimum absolute atomic E-state index is 0.0843. The zero-order chi connectivity index (χ0) is 10.9. The number of nitro groups is 1. The Morgan fingerprint density at radius 1 is 1.64 bits per heavy atom. The van der Waals surface area contributed by atoms with E-state index in [1.54, 1.807) is 0 Å². The van der Waals surface area contributed by atoms with Gasteiger partial charge in [0.2, 0.25) is 0 Å². The number of rotatable bonds is 2. The second kappa shape index (κ2) is 3.83. The van der Waals surface area contributed by atoms with Crippen molar-refractivity contribution < 1.29 is 13.7 Å². The first kappa shape index (κ1) is 10.8. The Balaban J connectivity index is 3.35. The lowest BCUT2D eigenvalue weighted by Gasteiger charge is -2.02. The summed E-state index contributed by atoms with van der Waals surface area (Å²) in [6.45, 7) is 1.35. The van der Waals surface area contributed by atoms with E-state index in [0.717, 1.165) is 6.07 Å². The van der Waals surface area contributed by atoms with Crippen molar-refractivity contribution in [1.82, 2.24) is 4.98 Å². The molecule has 0 aliphatic carbocycles. The second-order valence-electron chi connectivity index (χ2n) is 2.54. The summed E-state index contributed by atoms with van der Waals surface area (Å²) in [5.74, 6) is 0.